The molecule has 0 spiro atoms. The van der Waals surface area contributed by atoms with Gasteiger partial charge in [0.25, 0.3) is 15.7 Å². The highest BCUT2D eigenvalue weighted by Gasteiger charge is 2.46. The van der Waals surface area contributed by atoms with Crippen LogP contribution in [0.25, 0.3) is 0 Å². The van der Waals surface area contributed by atoms with Gasteiger partial charge in [0, 0.05) is 31.7 Å². The van der Waals surface area contributed by atoms with E-state index >= 15 is 0 Å². The Hall–Kier alpha value is -2.31. The molecule has 0 amide bonds. The van der Waals surface area contributed by atoms with Crippen LogP contribution in [0.2, 0.25) is 0 Å². The Kier molecular flexibility index (Phi) is 7.12. The SMILES string of the molecule is COC1[C@@H](C)[C@@H]([C@@H](O)CCOS(=O)(=O)c2ccc(C)cc2)O[C@H]1n1ccc(=O)[nH]c1=O. The molecule has 1 aromatic carbocycles. The summed E-state index contributed by atoms with van der Waals surface area (Å²) in [6.45, 7) is 3.39. The van der Waals surface area contributed by atoms with Gasteiger partial charge in [-0.05, 0) is 19.1 Å². The monoisotopic (exact) mass is 454 g/mol. The summed E-state index contributed by atoms with van der Waals surface area (Å²) in [4.78, 5) is 25.6. The van der Waals surface area contributed by atoms with E-state index in [1.165, 1.54) is 36.1 Å². The summed E-state index contributed by atoms with van der Waals surface area (Å²) in [5.41, 5.74) is -0.273. The van der Waals surface area contributed by atoms with E-state index in [4.69, 9.17) is 13.7 Å². The number of nitrogens with one attached hydrogen (secondary N) is 1. The summed E-state index contributed by atoms with van der Waals surface area (Å²) in [5.74, 6) is -0.322. The predicted octanol–water partition coefficient (Wildman–Crippen LogP) is 0.550. The second-order valence-corrected chi connectivity index (χ2v) is 9.13. The first kappa shape index (κ1) is 23.4. The lowest BCUT2D eigenvalue weighted by atomic mass is 9.95. The van der Waals surface area contributed by atoms with Crippen LogP contribution in [-0.2, 0) is 23.8 Å². The summed E-state index contributed by atoms with van der Waals surface area (Å²) in [6, 6.07) is 7.44. The van der Waals surface area contributed by atoms with E-state index in [9.17, 15) is 23.1 Å². The molecule has 1 saturated heterocycles. The zero-order valence-electron chi connectivity index (χ0n) is 17.4. The lowest BCUT2D eigenvalue weighted by Gasteiger charge is -2.22. The van der Waals surface area contributed by atoms with Crippen molar-refractivity contribution in [3.8, 4) is 0 Å². The molecular weight excluding hydrogens is 428 g/mol. The van der Waals surface area contributed by atoms with Gasteiger partial charge in [-0.2, -0.15) is 8.42 Å². The van der Waals surface area contributed by atoms with Crippen molar-refractivity contribution in [3.63, 3.8) is 0 Å². The highest BCUT2D eigenvalue weighted by atomic mass is 32.2. The van der Waals surface area contributed by atoms with Crippen molar-refractivity contribution in [1.29, 1.82) is 0 Å². The fourth-order valence-corrected chi connectivity index (χ4v) is 4.57. The van der Waals surface area contributed by atoms with Gasteiger partial charge in [0.1, 0.15) is 6.10 Å². The van der Waals surface area contributed by atoms with Gasteiger partial charge in [-0.25, -0.2) is 4.79 Å². The fraction of sp³-hybridized carbons (Fsp3) is 0.500. The van der Waals surface area contributed by atoms with Crippen LogP contribution in [0.4, 0.5) is 0 Å². The summed E-state index contributed by atoms with van der Waals surface area (Å²) in [5, 5.41) is 10.6. The maximum atomic E-state index is 12.3. The molecule has 11 heteroatoms. The number of benzene rings is 1. The molecule has 0 radical (unpaired) electrons. The van der Waals surface area contributed by atoms with Gasteiger partial charge in [0.2, 0.25) is 0 Å². The number of methoxy groups -OCH3 is 1. The topological polar surface area (TPSA) is 137 Å². The number of nitrogens with zero attached hydrogens (tertiary/aromatic N) is 1. The van der Waals surface area contributed by atoms with Crippen LogP contribution in [-0.4, -0.2) is 55.1 Å². The van der Waals surface area contributed by atoms with Crippen LogP contribution in [0.3, 0.4) is 0 Å². The molecule has 2 N–H and O–H groups in total. The molecule has 1 fully saturated rings. The van der Waals surface area contributed by atoms with Crippen LogP contribution in [0.1, 0.15) is 25.1 Å². The molecule has 0 bridgehead atoms. The Morgan fingerprint density at radius 2 is 1.90 bits per heavy atom. The highest BCUT2D eigenvalue weighted by Crippen LogP contribution is 2.37. The number of aromatic nitrogens is 2. The second kappa shape index (κ2) is 9.45. The fourth-order valence-electron chi connectivity index (χ4n) is 3.65. The van der Waals surface area contributed by atoms with Gasteiger partial charge in [-0.3, -0.25) is 18.5 Å². The molecule has 5 atom stereocenters. The average Bonchev–Trinajstić information content (AvgIpc) is 3.04. The summed E-state index contributed by atoms with van der Waals surface area (Å²) in [7, 11) is -2.49. The number of aliphatic hydroxyl groups excluding tert-OH is 1. The number of ether oxygens (including phenoxy) is 2. The number of hydrogen-bond donors (Lipinski definition) is 2. The van der Waals surface area contributed by atoms with Crippen LogP contribution >= 0.6 is 0 Å². The zero-order valence-corrected chi connectivity index (χ0v) is 18.2. The lowest BCUT2D eigenvalue weighted by molar-refractivity contribution is -0.0871. The molecule has 3 rings (SSSR count). The number of H-pyrrole nitrogens is 1. The van der Waals surface area contributed by atoms with Crippen molar-refractivity contribution >= 4 is 10.1 Å². The Morgan fingerprint density at radius 3 is 2.52 bits per heavy atom. The van der Waals surface area contributed by atoms with Crippen molar-refractivity contribution in [2.75, 3.05) is 13.7 Å². The van der Waals surface area contributed by atoms with Crippen LogP contribution in [0.15, 0.2) is 51.0 Å². The molecule has 2 aromatic rings. The predicted molar refractivity (Wildman–Crippen MR) is 110 cm³/mol. The van der Waals surface area contributed by atoms with E-state index < -0.39 is 45.9 Å². The van der Waals surface area contributed by atoms with Crippen LogP contribution in [0.5, 0.6) is 0 Å². The van der Waals surface area contributed by atoms with Gasteiger partial charge in [-0.1, -0.05) is 24.6 Å². The minimum Gasteiger partial charge on any atom is -0.390 e. The molecule has 1 aliphatic heterocycles. The average molecular weight is 455 g/mol. The zero-order chi connectivity index (χ0) is 22.8. The van der Waals surface area contributed by atoms with Crippen LogP contribution in [0, 0.1) is 12.8 Å². The third kappa shape index (κ3) is 5.13. The van der Waals surface area contributed by atoms with E-state index in [2.05, 4.69) is 4.98 Å². The van der Waals surface area contributed by atoms with E-state index in [-0.39, 0.29) is 23.8 Å². The van der Waals surface area contributed by atoms with Crippen molar-refractivity contribution in [1.82, 2.24) is 9.55 Å². The molecule has 1 unspecified atom stereocenters. The molecule has 31 heavy (non-hydrogen) atoms. The first-order valence-corrected chi connectivity index (χ1v) is 11.2. The summed E-state index contributed by atoms with van der Waals surface area (Å²) in [6.07, 6.45) is -1.94. The largest absolute Gasteiger partial charge is 0.390 e. The first-order chi connectivity index (χ1) is 14.6. The molecule has 1 aromatic heterocycles. The Bertz CT molecular complexity index is 1110. The summed E-state index contributed by atoms with van der Waals surface area (Å²) < 4.78 is 42.2. The van der Waals surface area contributed by atoms with E-state index in [0.717, 1.165) is 5.56 Å². The summed E-state index contributed by atoms with van der Waals surface area (Å²) >= 11 is 0. The quantitative estimate of drug-likeness (QED) is 0.552. The van der Waals surface area contributed by atoms with Crippen molar-refractivity contribution < 1.29 is 27.2 Å². The normalized spacial score (nSPS) is 24.9. The van der Waals surface area contributed by atoms with Crippen molar-refractivity contribution in [3.05, 3.63) is 62.9 Å². The van der Waals surface area contributed by atoms with Crippen LogP contribution < -0.4 is 11.2 Å². The number of rotatable bonds is 8. The second-order valence-electron chi connectivity index (χ2n) is 7.51. The van der Waals surface area contributed by atoms with Gasteiger partial charge >= 0.3 is 5.69 Å². The molecule has 1 aliphatic rings. The third-order valence-electron chi connectivity index (χ3n) is 5.35. The highest BCUT2D eigenvalue weighted by molar-refractivity contribution is 7.86. The maximum Gasteiger partial charge on any atom is 0.330 e. The van der Waals surface area contributed by atoms with E-state index in [1.807, 2.05) is 6.92 Å². The van der Waals surface area contributed by atoms with E-state index in [1.54, 1.807) is 19.1 Å². The number of hydrogen-bond acceptors (Lipinski definition) is 8. The molecule has 0 saturated carbocycles. The number of aromatic amines is 1. The van der Waals surface area contributed by atoms with Gasteiger partial charge in [-0.15, -0.1) is 0 Å². The maximum absolute atomic E-state index is 12.3. The lowest BCUT2D eigenvalue weighted by Crippen LogP contribution is -2.36. The minimum atomic E-state index is -3.94. The van der Waals surface area contributed by atoms with Crippen molar-refractivity contribution in [2.45, 2.75) is 49.7 Å². The molecule has 0 aliphatic carbocycles. The minimum absolute atomic E-state index is 0.0101. The Balaban J connectivity index is 1.66. The van der Waals surface area contributed by atoms with Gasteiger partial charge < -0.3 is 14.6 Å². The first-order valence-electron chi connectivity index (χ1n) is 9.78. The number of aryl methyl sites for hydroxylation is 1. The Morgan fingerprint density at radius 1 is 1.23 bits per heavy atom. The molecule has 2 heterocycles. The standard InChI is InChI=1S/C20H26N2O8S/c1-12-4-6-14(7-5-12)31(26,27)29-11-9-15(23)17-13(2)18(28-3)19(30-17)22-10-8-16(24)21-20(22)25/h4-8,10,13,15,17-19,23H,9,11H2,1-3H3,(H,21,24,25)/t13-,15-,17-,18?,19+/m0/s1. The number of aliphatic hydroxyl groups is 1. The Labute approximate surface area is 179 Å². The third-order valence-corrected chi connectivity index (χ3v) is 6.68. The molecular formula is C20H26N2O8S. The van der Waals surface area contributed by atoms with Gasteiger partial charge in [0.05, 0.1) is 23.7 Å². The van der Waals surface area contributed by atoms with E-state index in [0.29, 0.717) is 0 Å². The smallest absolute Gasteiger partial charge is 0.330 e. The van der Waals surface area contributed by atoms with Crippen molar-refractivity contribution in [2.24, 2.45) is 5.92 Å². The van der Waals surface area contributed by atoms with Gasteiger partial charge in [0.15, 0.2) is 6.23 Å². The molecule has 170 valence electrons. The molecule has 10 nitrogen and oxygen atoms in total.